The first-order valence-electron chi connectivity index (χ1n) is 23.0. The van der Waals surface area contributed by atoms with Gasteiger partial charge in [0, 0.05) is 25.1 Å². The normalized spacial score (nSPS) is 13.0. The van der Waals surface area contributed by atoms with Crippen molar-refractivity contribution >= 4 is 60.2 Å². The maximum absolute atomic E-state index is 12.8. The van der Waals surface area contributed by atoms with Crippen LogP contribution in [-0.4, -0.2) is 87.4 Å². The third-order valence-electron chi connectivity index (χ3n) is 10.3. The molecular weight excluding hydrogens is 852 g/mol. The van der Waals surface area contributed by atoms with Crippen LogP contribution >= 0.6 is 31.0 Å². The van der Waals surface area contributed by atoms with Crippen molar-refractivity contribution in [1.82, 2.24) is 5.32 Å². The smallest absolute Gasteiger partial charge is 0.462 e. The first-order chi connectivity index (χ1) is 29.7. The van der Waals surface area contributed by atoms with E-state index in [2.05, 4.69) is 17.6 Å². The Bertz CT molecular complexity index is 1590. The number of unbranched alkanes of at least 4 members (excludes halogenated alkanes) is 17. The van der Waals surface area contributed by atoms with Crippen LogP contribution in [0.3, 0.4) is 0 Å². The quantitative estimate of drug-likeness (QED) is 0.0259. The predicted molar refractivity (Wildman–Crippen MR) is 251 cm³/mol. The summed E-state index contributed by atoms with van der Waals surface area (Å²) in [5.74, 6) is -1.04. The molecule has 0 spiro atoms. The topological polar surface area (TPSA) is 149 Å². The van der Waals surface area contributed by atoms with E-state index in [4.69, 9.17) is 41.7 Å². The van der Waals surface area contributed by atoms with E-state index in [0.29, 0.717) is 46.1 Å². The number of benzene rings is 2. The van der Waals surface area contributed by atoms with Crippen molar-refractivity contribution in [2.45, 2.75) is 154 Å². The Hall–Kier alpha value is -2.70. The highest BCUT2D eigenvalue weighted by Gasteiger charge is 2.27. The summed E-state index contributed by atoms with van der Waals surface area (Å²) >= 11 is 12.6. The molecular formula is C47H77Cl2N3O9P+. The number of rotatable bonds is 37. The number of halogens is 2. The maximum Gasteiger partial charge on any atom is 0.472 e. The molecule has 0 fully saturated rings. The van der Waals surface area contributed by atoms with Crippen LogP contribution in [0.15, 0.2) is 42.5 Å². The zero-order valence-electron chi connectivity index (χ0n) is 38.1. The van der Waals surface area contributed by atoms with Crippen LogP contribution in [0.1, 0.15) is 147 Å². The van der Waals surface area contributed by atoms with Crippen LogP contribution < -0.4 is 10.6 Å². The number of esters is 2. The molecule has 3 N–H and O–H groups in total. The maximum atomic E-state index is 12.8. The lowest BCUT2D eigenvalue weighted by atomic mass is 10.0. The molecule has 12 nitrogen and oxygen atoms in total. The van der Waals surface area contributed by atoms with Gasteiger partial charge in [-0.2, -0.15) is 0 Å². The first-order valence-corrected chi connectivity index (χ1v) is 25.3. The van der Waals surface area contributed by atoms with E-state index in [1.54, 1.807) is 18.2 Å². The number of hydrogen-bond donors (Lipinski definition) is 3. The molecule has 0 bridgehead atoms. The number of carbonyl (C=O) groups excluding carboxylic acids is 3. The van der Waals surface area contributed by atoms with Crippen molar-refractivity contribution < 1.29 is 46.8 Å². The second-order valence-electron chi connectivity index (χ2n) is 17.2. The fraction of sp³-hybridized carbons (Fsp3) is 0.681. The Morgan fingerprint density at radius 2 is 1.24 bits per heavy atom. The van der Waals surface area contributed by atoms with E-state index >= 15 is 0 Å². The second-order valence-corrected chi connectivity index (χ2v) is 19.5. The lowest BCUT2D eigenvalue weighted by molar-refractivity contribution is -0.870. The van der Waals surface area contributed by atoms with E-state index in [9.17, 15) is 23.8 Å². The van der Waals surface area contributed by atoms with Gasteiger partial charge in [0.25, 0.3) is 0 Å². The molecule has 352 valence electrons. The molecule has 2 unspecified atom stereocenters. The van der Waals surface area contributed by atoms with Crippen molar-refractivity contribution in [3.05, 3.63) is 58.1 Å². The van der Waals surface area contributed by atoms with Gasteiger partial charge in [-0.25, -0.2) is 4.57 Å². The summed E-state index contributed by atoms with van der Waals surface area (Å²) in [5.41, 5.74) is 2.20. The van der Waals surface area contributed by atoms with E-state index < -0.39 is 32.5 Å². The molecule has 0 heterocycles. The minimum absolute atomic E-state index is 0.00738. The largest absolute Gasteiger partial charge is 0.472 e. The van der Waals surface area contributed by atoms with Gasteiger partial charge in [-0.3, -0.25) is 23.4 Å². The molecule has 0 aromatic heterocycles. The van der Waals surface area contributed by atoms with Crippen molar-refractivity contribution in [1.29, 1.82) is 0 Å². The van der Waals surface area contributed by atoms with Gasteiger partial charge in [-0.15, -0.1) is 0 Å². The van der Waals surface area contributed by atoms with Gasteiger partial charge in [0.1, 0.15) is 19.8 Å². The summed E-state index contributed by atoms with van der Waals surface area (Å²) in [5, 5.41) is 7.16. The van der Waals surface area contributed by atoms with E-state index in [1.165, 1.54) is 70.6 Å². The number of phosphoric ester groups is 1. The standard InChI is InChI=1S/C47H76Cl2N3O9P/c1-5-6-7-8-9-10-11-12-13-14-15-16-17-18-21-30-45(54)58-37-41(38-60-62(56,57)59-34-33-52(2,3)4)61-46(55)31-22-19-20-23-32-50-44(53)36-39-26-24-27-40(35-39)51-47-42(48)28-25-29-43(47)49/h24-29,35,41,51H,5-23,30-34,36-38H2,1-4H3,(H-,50,53,56,57)/p+1. The first kappa shape index (κ1) is 55.4. The van der Waals surface area contributed by atoms with Crippen molar-refractivity contribution in [2.24, 2.45) is 0 Å². The Kier molecular flexibility index (Phi) is 29.4. The molecule has 15 heteroatoms. The van der Waals surface area contributed by atoms with Crippen LogP contribution in [-0.2, 0) is 43.9 Å². The van der Waals surface area contributed by atoms with Crippen LogP contribution in [0, 0.1) is 0 Å². The summed E-state index contributed by atoms with van der Waals surface area (Å²) in [4.78, 5) is 48.2. The molecule has 62 heavy (non-hydrogen) atoms. The van der Waals surface area contributed by atoms with Gasteiger partial charge >= 0.3 is 19.8 Å². The summed E-state index contributed by atoms with van der Waals surface area (Å²) in [6.45, 7) is 2.46. The summed E-state index contributed by atoms with van der Waals surface area (Å²) < 4.78 is 34.3. The van der Waals surface area contributed by atoms with Gasteiger partial charge in [-0.1, -0.05) is 151 Å². The molecule has 2 rings (SSSR count). The number of likely N-dealkylation sites (N-methyl/N-ethyl adjacent to an activating group) is 1. The minimum atomic E-state index is -4.44. The lowest BCUT2D eigenvalue weighted by Crippen LogP contribution is -2.37. The molecule has 1 amide bonds. The molecule has 0 aliphatic heterocycles. The molecule has 2 aromatic carbocycles. The monoisotopic (exact) mass is 928 g/mol. The average Bonchev–Trinajstić information content (AvgIpc) is 3.21. The summed E-state index contributed by atoms with van der Waals surface area (Å²) in [6, 6.07) is 12.8. The third kappa shape index (κ3) is 28.9. The SMILES string of the molecule is CCCCCCCCCCCCCCCCCC(=O)OCC(COP(=O)(O)OCC[N+](C)(C)C)OC(=O)CCCCCCNC(=O)Cc1cccc(Nc2c(Cl)cccc2Cl)c1. The van der Waals surface area contributed by atoms with Crippen LogP contribution in [0.2, 0.25) is 10.0 Å². The van der Waals surface area contributed by atoms with Crippen molar-refractivity contribution in [3.8, 4) is 0 Å². The molecule has 0 aliphatic carbocycles. The number of para-hydroxylation sites is 1. The highest BCUT2D eigenvalue weighted by molar-refractivity contribution is 7.47. The van der Waals surface area contributed by atoms with Gasteiger partial charge in [0.15, 0.2) is 6.10 Å². The third-order valence-corrected chi connectivity index (χ3v) is 11.9. The zero-order valence-corrected chi connectivity index (χ0v) is 40.5. The van der Waals surface area contributed by atoms with E-state index in [1.807, 2.05) is 45.4 Å². The van der Waals surface area contributed by atoms with E-state index in [0.717, 1.165) is 49.8 Å². The summed E-state index contributed by atoms with van der Waals surface area (Å²) in [7, 11) is 1.34. The zero-order chi connectivity index (χ0) is 45.5. The fourth-order valence-electron chi connectivity index (χ4n) is 6.65. The number of carbonyl (C=O) groups is 3. The van der Waals surface area contributed by atoms with Crippen molar-refractivity contribution in [2.75, 3.05) is 59.4 Å². The Morgan fingerprint density at radius 3 is 1.82 bits per heavy atom. The molecule has 2 atom stereocenters. The van der Waals surface area contributed by atoms with Gasteiger partial charge in [0.2, 0.25) is 5.91 Å². The number of nitrogens with zero attached hydrogens (tertiary/aromatic N) is 1. The van der Waals surface area contributed by atoms with Gasteiger partial charge in [0.05, 0.1) is 49.9 Å². The number of quaternary nitrogens is 1. The van der Waals surface area contributed by atoms with Gasteiger partial charge < -0.3 is 29.5 Å². The Balaban J connectivity index is 1.66. The summed E-state index contributed by atoms with van der Waals surface area (Å²) in [6.07, 6.45) is 20.7. The van der Waals surface area contributed by atoms with Crippen LogP contribution in [0.25, 0.3) is 0 Å². The van der Waals surface area contributed by atoms with Crippen LogP contribution in [0.4, 0.5) is 11.4 Å². The Morgan fingerprint density at radius 1 is 0.710 bits per heavy atom. The number of anilines is 2. The lowest BCUT2D eigenvalue weighted by Gasteiger charge is -2.24. The highest BCUT2D eigenvalue weighted by atomic mass is 35.5. The average molecular weight is 930 g/mol. The Labute approximate surface area is 382 Å². The molecule has 2 aromatic rings. The molecule has 0 radical (unpaired) electrons. The predicted octanol–water partition coefficient (Wildman–Crippen LogP) is 11.9. The minimum Gasteiger partial charge on any atom is -0.462 e. The number of ether oxygens (including phenoxy) is 2. The number of nitrogens with one attached hydrogen (secondary N) is 2. The number of hydrogen-bond acceptors (Lipinski definition) is 9. The fourth-order valence-corrected chi connectivity index (χ4v) is 7.88. The molecule has 0 saturated heterocycles. The van der Waals surface area contributed by atoms with E-state index in [-0.39, 0.29) is 38.4 Å². The molecule has 0 saturated carbocycles. The second kappa shape index (κ2) is 32.9. The van der Waals surface area contributed by atoms with Gasteiger partial charge in [-0.05, 0) is 49.1 Å². The number of amides is 1. The molecule has 0 aliphatic rings. The van der Waals surface area contributed by atoms with Crippen LogP contribution in [0.5, 0.6) is 0 Å². The number of phosphoric acid groups is 1. The highest BCUT2D eigenvalue weighted by Crippen LogP contribution is 2.43. The van der Waals surface area contributed by atoms with Crippen molar-refractivity contribution in [3.63, 3.8) is 0 Å².